The third-order valence-corrected chi connectivity index (χ3v) is 7.37. The molecule has 4 aromatic rings. The molecule has 1 aliphatic rings. The monoisotopic (exact) mass is 585 g/mol. The lowest BCUT2D eigenvalue weighted by Crippen LogP contribution is -2.27. The minimum absolute atomic E-state index is 0.00910. The van der Waals surface area contributed by atoms with E-state index in [2.05, 4.69) is 5.10 Å². The fourth-order valence-electron chi connectivity index (χ4n) is 4.32. The highest BCUT2D eigenvalue weighted by Gasteiger charge is 2.35. The van der Waals surface area contributed by atoms with E-state index in [0.717, 1.165) is 22.7 Å². The molecular weight excluding hydrogens is 567 g/mol. The summed E-state index contributed by atoms with van der Waals surface area (Å²) in [5, 5.41) is 4.44. The van der Waals surface area contributed by atoms with E-state index >= 15 is 0 Å². The van der Waals surface area contributed by atoms with Crippen molar-refractivity contribution >= 4 is 57.5 Å². The Hall–Kier alpha value is -4.09. The minimum atomic E-state index is -4.57. The molecule has 1 fully saturated rings. The number of imide groups is 1. The molecule has 2 amide bonds. The van der Waals surface area contributed by atoms with Crippen LogP contribution in [0.2, 0.25) is 5.02 Å². The van der Waals surface area contributed by atoms with E-state index in [0.29, 0.717) is 27.6 Å². The second-order valence-electron chi connectivity index (χ2n) is 8.88. The number of rotatable bonds is 6. The molecule has 0 aliphatic carbocycles. The van der Waals surface area contributed by atoms with Crippen LogP contribution in [0.4, 0.5) is 18.0 Å². The summed E-state index contributed by atoms with van der Waals surface area (Å²) in [5.41, 5.74) is 1.31. The molecule has 3 aromatic carbocycles. The highest BCUT2D eigenvalue weighted by molar-refractivity contribution is 8.18. The van der Waals surface area contributed by atoms with Gasteiger partial charge in [0.1, 0.15) is 0 Å². The van der Waals surface area contributed by atoms with E-state index in [9.17, 15) is 27.6 Å². The van der Waals surface area contributed by atoms with Crippen molar-refractivity contribution in [2.45, 2.75) is 19.3 Å². The molecular formula is C28H19ClF3N3O4S. The molecule has 204 valence electrons. The number of hydrogen-bond acceptors (Lipinski definition) is 6. The van der Waals surface area contributed by atoms with Gasteiger partial charge in [0.25, 0.3) is 11.1 Å². The number of ether oxygens (including phenoxy) is 1. The van der Waals surface area contributed by atoms with E-state index in [4.69, 9.17) is 16.3 Å². The van der Waals surface area contributed by atoms with E-state index < -0.39 is 28.9 Å². The van der Waals surface area contributed by atoms with Crippen molar-refractivity contribution in [2.75, 3.05) is 7.11 Å². The van der Waals surface area contributed by atoms with E-state index in [1.165, 1.54) is 30.1 Å². The third-order valence-electron chi connectivity index (χ3n) is 6.22. The van der Waals surface area contributed by atoms with Crippen molar-refractivity contribution in [3.8, 4) is 0 Å². The average molecular weight is 586 g/mol. The first-order chi connectivity index (χ1) is 19.0. The Morgan fingerprint density at radius 1 is 1.07 bits per heavy atom. The van der Waals surface area contributed by atoms with Gasteiger partial charge in [0.05, 0.1) is 47.9 Å². The summed E-state index contributed by atoms with van der Waals surface area (Å²) in [6, 6.07) is 15.2. The number of fused-ring (bicyclic) bond motifs is 1. The minimum Gasteiger partial charge on any atom is -0.465 e. The maximum absolute atomic E-state index is 13.5. The Morgan fingerprint density at radius 3 is 2.62 bits per heavy atom. The van der Waals surface area contributed by atoms with Crippen molar-refractivity contribution in [1.29, 1.82) is 0 Å². The van der Waals surface area contributed by atoms with Crippen LogP contribution in [0.5, 0.6) is 0 Å². The molecule has 2 heterocycles. The smallest absolute Gasteiger partial charge is 0.416 e. The van der Waals surface area contributed by atoms with Crippen LogP contribution in [0, 0.1) is 0 Å². The lowest BCUT2D eigenvalue weighted by Gasteiger charge is -2.14. The van der Waals surface area contributed by atoms with Crippen LogP contribution in [0.15, 0.2) is 71.8 Å². The second kappa shape index (κ2) is 10.8. The number of hydrogen-bond donors (Lipinski definition) is 0. The van der Waals surface area contributed by atoms with Gasteiger partial charge in [0, 0.05) is 10.4 Å². The normalized spacial score (nSPS) is 14.9. The van der Waals surface area contributed by atoms with Gasteiger partial charge in [-0.1, -0.05) is 35.9 Å². The second-order valence-corrected chi connectivity index (χ2v) is 10.3. The molecule has 7 nitrogen and oxygen atoms in total. The van der Waals surface area contributed by atoms with E-state index in [1.54, 1.807) is 48.5 Å². The summed E-state index contributed by atoms with van der Waals surface area (Å²) in [6.07, 6.45) is -1.47. The quantitative estimate of drug-likeness (QED) is 0.183. The molecule has 0 bridgehead atoms. The van der Waals surface area contributed by atoms with Crippen LogP contribution in [0.3, 0.4) is 0 Å². The third kappa shape index (κ3) is 5.61. The molecule has 12 heteroatoms. The lowest BCUT2D eigenvalue weighted by atomic mass is 10.1. The first-order valence-corrected chi connectivity index (χ1v) is 13.0. The summed E-state index contributed by atoms with van der Waals surface area (Å²) in [6.45, 7) is -0.131. The van der Waals surface area contributed by atoms with Gasteiger partial charge >= 0.3 is 12.1 Å². The Kier molecular flexibility index (Phi) is 7.43. The topological polar surface area (TPSA) is 81.5 Å². The fourth-order valence-corrected chi connectivity index (χ4v) is 5.33. The molecule has 40 heavy (non-hydrogen) atoms. The van der Waals surface area contributed by atoms with Crippen LogP contribution in [0.25, 0.3) is 17.0 Å². The molecule has 0 atom stereocenters. The molecule has 0 unspecified atom stereocenters. The number of amides is 2. The average Bonchev–Trinajstić information content (AvgIpc) is 3.43. The Balaban J connectivity index is 1.36. The largest absolute Gasteiger partial charge is 0.465 e. The van der Waals surface area contributed by atoms with Crippen LogP contribution in [-0.4, -0.2) is 38.9 Å². The Morgan fingerprint density at radius 2 is 1.88 bits per heavy atom. The molecule has 1 saturated heterocycles. The van der Waals surface area contributed by atoms with Gasteiger partial charge in [0.2, 0.25) is 0 Å². The summed E-state index contributed by atoms with van der Waals surface area (Å²) in [7, 11) is 1.27. The van der Waals surface area contributed by atoms with Crippen molar-refractivity contribution in [1.82, 2.24) is 14.7 Å². The number of alkyl halides is 3. The number of carbonyl (C=O) groups is 3. The standard InChI is InChI=1S/C28H19ClF3N3O4S/c1-39-26(37)18-4-2-3-17(10-18)14-34-25(36)24(40-27(34)38)11-16-5-8-23-20(9-16)13-33-35(23)15-19-6-7-21(29)12-22(19)28(30,31)32/h2-13H,14-15H2,1H3. The number of aromatic nitrogens is 2. The highest BCUT2D eigenvalue weighted by Crippen LogP contribution is 2.36. The van der Waals surface area contributed by atoms with Crippen LogP contribution in [0.1, 0.15) is 32.6 Å². The number of nitrogens with zero attached hydrogens (tertiary/aromatic N) is 3. The van der Waals surface area contributed by atoms with Gasteiger partial charge in [-0.25, -0.2) is 4.79 Å². The summed E-state index contributed by atoms with van der Waals surface area (Å²) in [4.78, 5) is 38.7. The zero-order valence-corrected chi connectivity index (χ0v) is 22.3. The predicted octanol–water partition coefficient (Wildman–Crippen LogP) is 6.78. The first kappa shape index (κ1) is 27.5. The number of thioether (sulfide) groups is 1. The molecule has 1 aromatic heterocycles. The van der Waals surface area contributed by atoms with Gasteiger partial charge in [-0.3, -0.25) is 19.2 Å². The van der Waals surface area contributed by atoms with Gasteiger partial charge in [-0.05, 0) is 70.9 Å². The van der Waals surface area contributed by atoms with Crippen molar-refractivity contribution < 1.29 is 32.3 Å². The number of carbonyl (C=O) groups excluding carboxylic acids is 3. The maximum Gasteiger partial charge on any atom is 0.416 e. The molecule has 5 rings (SSSR count). The first-order valence-electron chi connectivity index (χ1n) is 11.8. The molecule has 0 radical (unpaired) electrons. The summed E-state index contributed by atoms with van der Waals surface area (Å²) >= 11 is 6.58. The predicted molar refractivity (Wildman–Crippen MR) is 145 cm³/mol. The highest BCUT2D eigenvalue weighted by atomic mass is 35.5. The SMILES string of the molecule is COC(=O)c1cccc(CN2C(=O)SC(=Cc3ccc4c(cnn4Cc4ccc(Cl)cc4C(F)(F)F)c3)C2=O)c1. The number of methoxy groups -OCH3 is 1. The van der Waals surface area contributed by atoms with Gasteiger partial charge in [0.15, 0.2) is 0 Å². The van der Waals surface area contributed by atoms with Crippen molar-refractivity contribution in [3.63, 3.8) is 0 Å². The van der Waals surface area contributed by atoms with E-state index in [1.807, 2.05) is 0 Å². The van der Waals surface area contributed by atoms with Gasteiger partial charge in [-0.15, -0.1) is 0 Å². The number of esters is 1. The summed E-state index contributed by atoms with van der Waals surface area (Å²) < 4.78 is 46.7. The molecule has 0 saturated carbocycles. The zero-order chi connectivity index (χ0) is 28.6. The Labute approximate surface area is 235 Å². The van der Waals surface area contributed by atoms with Crippen LogP contribution >= 0.6 is 23.4 Å². The molecule has 1 aliphatic heterocycles. The molecule has 0 N–H and O–H groups in total. The van der Waals surface area contributed by atoms with E-state index in [-0.39, 0.29) is 28.6 Å². The maximum atomic E-state index is 13.5. The van der Waals surface area contributed by atoms with Gasteiger partial charge in [-0.2, -0.15) is 18.3 Å². The van der Waals surface area contributed by atoms with Crippen LogP contribution < -0.4 is 0 Å². The number of halogens is 4. The van der Waals surface area contributed by atoms with Gasteiger partial charge < -0.3 is 4.74 Å². The number of benzene rings is 3. The van der Waals surface area contributed by atoms with Crippen molar-refractivity contribution in [3.05, 3.63) is 105 Å². The Bertz CT molecular complexity index is 1700. The van der Waals surface area contributed by atoms with Crippen LogP contribution in [-0.2, 0) is 28.8 Å². The lowest BCUT2D eigenvalue weighted by molar-refractivity contribution is -0.138. The molecule has 0 spiro atoms. The van der Waals surface area contributed by atoms with Crippen molar-refractivity contribution in [2.24, 2.45) is 0 Å². The summed E-state index contributed by atoms with van der Waals surface area (Å²) in [5.74, 6) is -1.000. The zero-order valence-electron chi connectivity index (χ0n) is 20.7. The fraction of sp³-hybridized carbons (Fsp3) is 0.143.